The first-order chi connectivity index (χ1) is 11.5. The molecular weight excluding hydrogens is 333 g/mol. The van der Waals surface area contributed by atoms with Gasteiger partial charge in [-0.1, -0.05) is 11.6 Å². The van der Waals surface area contributed by atoms with Crippen molar-refractivity contribution in [2.75, 3.05) is 12.2 Å². The molecule has 0 fully saturated rings. The SMILES string of the molecule is COc1ccc2ncc(C#N)c(N(O)c3ccc(Cl)cc3F)c2c1. The summed E-state index contributed by atoms with van der Waals surface area (Å²) in [5.74, 6) is -0.202. The van der Waals surface area contributed by atoms with Gasteiger partial charge in [-0.3, -0.25) is 10.2 Å². The number of rotatable bonds is 3. The molecular formula is C17H11ClFN3O2. The Morgan fingerprint density at radius 2 is 2.08 bits per heavy atom. The zero-order chi connectivity index (χ0) is 17.3. The molecule has 3 rings (SSSR count). The minimum absolute atomic E-state index is 0.0904. The first kappa shape index (κ1) is 16.0. The van der Waals surface area contributed by atoms with Crippen molar-refractivity contribution in [2.24, 2.45) is 0 Å². The molecule has 0 bridgehead atoms. The topological polar surface area (TPSA) is 69.4 Å². The predicted molar refractivity (Wildman–Crippen MR) is 88.3 cm³/mol. The predicted octanol–water partition coefficient (Wildman–Crippen LogP) is 4.43. The number of pyridine rings is 1. The van der Waals surface area contributed by atoms with Crippen LogP contribution in [0.5, 0.6) is 5.75 Å². The Bertz CT molecular complexity index is 972. The first-order valence-corrected chi connectivity index (χ1v) is 7.24. The summed E-state index contributed by atoms with van der Waals surface area (Å²) in [6.45, 7) is 0. The minimum Gasteiger partial charge on any atom is -0.497 e. The zero-order valence-corrected chi connectivity index (χ0v) is 13.3. The number of nitriles is 1. The Morgan fingerprint density at radius 1 is 1.29 bits per heavy atom. The maximum atomic E-state index is 14.2. The maximum absolute atomic E-state index is 14.2. The molecule has 0 unspecified atom stereocenters. The molecule has 1 N–H and O–H groups in total. The number of halogens is 2. The Labute approximate surface area is 142 Å². The number of fused-ring (bicyclic) bond motifs is 1. The molecule has 0 aliphatic rings. The molecule has 0 atom stereocenters. The van der Waals surface area contributed by atoms with Gasteiger partial charge >= 0.3 is 0 Å². The van der Waals surface area contributed by atoms with Crippen LogP contribution < -0.4 is 9.80 Å². The van der Waals surface area contributed by atoms with Crippen LogP contribution in [-0.4, -0.2) is 17.3 Å². The highest BCUT2D eigenvalue weighted by Crippen LogP contribution is 2.36. The quantitative estimate of drug-likeness (QED) is 0.712. The van der Waals surface area contributed by atoms with Gasteiger partial charge in [0, 0.05) is 16.6 Å². The highest BCUT2D eigenvalue weighted by molar-refractivity contribution is 6.30. The molecule has 5 nitrogen and oxygen atoms in total. The third kappa shape index (κ3) is 2.71. The Balaban J connectivity index is 2.28. The number of aromatic nitrogens is 1. The van der Waals surface area contributed by atoms with Crippen LogP contribution in [0, 0.1) is 17.1 Å². The van der Waals surface area contributed by atoms with Crippen LogP contribution in [0.25, 0.3) is 10.9 Å². The fourth-order valence-corrected chi connectivity index (χ4v) is 2.53. The molecule has 0 amide bonds. The molecule has 0 radical (unpaired) electrons. The smallest absolute Gasteiger partial charge is 0.150 e. The van der Waals surface area contributed by atoms with E-state index in [0.29, 0.717) is 21.7 Å². The summed E-state index contributed by atoms with van der Waals surface area (Å²) in [4.78, 5) is 4.17. The van der Waals surface area contributed by atoms with E-state index < -0.39 is 5.82 Å². The van der Waals surface area contributed by atoms with E-state index >= 15 is 0 Å². The molecule has 7 heteroatoms. The van der Waals surface area contributed by atoms with Crippen molar-refractivity contribution >= 4 is 33.9 Å². The molecule has 0 aliphatic carbocycles. The second-order valence-corrected chi connectivity index (χ2v) is 5.36. The van der Waals surface area contributed by atoms with Crippen molar-refractivity contribution in [3.63, 3.8) is 0 Å². The summed E-state index contributed by atoms with van der Waals surface area (Å²) in [5.41, 5.74) is 0.597. The van der Waals surface area contributed by atoms with Crippen LogP contribution in [0.2, 0.25) is 5.02 Å². The van der Waals surface area contributed by atoms with Crippen LogP contribution >= 0.6 is 11.6 Å². The lowest BCUT2D eigenvalue weighted by Crippen LogP contribution is -2.14. The van der Waals surface area contributed by atoms with Gasteiger partial charge in [-0.15, -0.1) is 0 Å². The van der Waals surface area contributed by atoms with E-state index in [9.17, 15) is 14.9 Å². The molecule has 1 aromatic heterocycles. The second-order valence-electron chi connectivity index (χ2n) is 4.92. The molecule has 3 aromatic rings. The van der Waals surface area contributed by atoms with Crippen LogP contribution in [0.4, 0.5) is 15.8 Å². The standard InChI is InChI=1S/C17H11ClFN3O2/c1-24-12-3-4-15-13(7-12)17(10(8-20)9-21-15)22(23)16-5-2-11(18)6-14(16)19/h2-7,9,23H,1H3. The molecule has 0 aliphatic heterocycles. The Kier molecular flexibility index (Phi) is 4.21. The van der Waals surface area contributed by atoms with Gasteiger partial charge in [-0.25, -0.2) is 9.45 Å². The van der Waals surface area contributed by atoms with Gasteiger partial charge in [0.25, 0.3) is 0 Å². The average molecular weight is 344 g/mol. The van der Waals surface area contributed by atoms with E-state index in [1.54, 1.807) is 18.2 Å². The van der Waals surface area contributed by atoms with Crippen molar-refractivity contribution in [1.82, 2.24) is 4.98 Å². The highest BCUT2D eigenvalue weighted by atomic mass is 35.5. The largest absolute Gasteiger partial charge is 0.497 e. The van der Waals surface area contributed by atoms with Crippen LogP contribution in [0.15, 0.2) is 42.6 Å². The lowest BCUT2D eigenvalue weighted by molar-refractivity contribution is 0.297. The van der Waals surface area contributed by atoms with Gasteiger partial charge in [0.05, 0.1) is 23.9 Å². The van der Waals surface area contributed by atoms with E-state index in [-0.39, 0.29) is 22.0 Å². The van der Waals surface area contributed by atoms with Gasteiger partial charge in [0.2, 0.25) is 0 Å². The fourth-order valence-electron chi connectivity index (χ4n) is 2.37. The number of methoxy groups -OCH3 is 1. The van der Waals surface area contributed by atoms with Crippen molar-refractivity contribution in [1.29, 1.82) is 5.26 Å². The highest BCUT2D eigenvalue weighted by Gasteiger charge is 2.19. The monoisotopic (exact) mass is 343 g/mol. The third-order valence-corrected chi connectivity index (χ3v) is 3.75. The van der Waals surface area contributed by atoms with E-state index in [0.717, 1.165) is 6.07 Å². The van der Waals surface area contributed by atoms with Crippen LogP contribution in [0.3, 0.4) is 0 Å². The second kappa shape index (κ2) is 6.32. The van der Waals surface area contributed by atoms with Gasteiger partial charge in [0.15, 0.2) is 5.82 Å². The lowest BCUT2D eigenvalue weighted by Gasteiger charge is -2.20. The molecule has 24 heavy (non-hydrogen) atoms. The van der Waals surface area contributed by atoms with Crippen molar-refractivity contribution in [3.05, 3.63) is 59.0 Å². The fraction of sp³-hybridized carbons (Fsp3) is 0.0588. The normalized spacial score (nSPS) is 10.5. The summed E-state index contributed by atoms with van der Waals surface area (Å²) < 4.78 is 19.3. The van der Waals surface area contributed by atoms with Crippen molar-refractivity contribution < 1.29 is 14.3 Å². The van der Waals surface area contributed by atoms with Crippen molar-refractivity contribution in [3.8, 4) is 11.8 Å². The molecule has 1 heterocycles. The van der Waals surface area contributed by atoms with Crippen LogP contribution in [-0.2, 0) is 0 Å². The van der Waals surface area contributed by atoms with E-state index in [1.165, 1.54) is 25.4 Å². The Morgan fingerprint density at radius 3 is 2.75 bits per heavy atom. The number of anilines is 2. The average Bonchev–Trinajstić information content (AvgIpc) is 2.59. The summed E-state index contributed by atoms with van der Waals surface area (Å²) in [6.07, 6.45) is 1.32. The Hall–Kier alpha value is -2.88. The molecule has 0 saturated carbocycles. The van der Waals surface area contributed by atoms with Gasteiger partial charge in [-0.05, 0) is 36.4 Å². The number of hydrogen-bond acceptors (Lipinski definition) is 5. The number of ether oxygens (including phenoxy) is 1. The summed E-state index contributed by atoms with van der Waals surface area (Å²) in [7, 11) is 1.50. The zero-order valence-electron chi connectivity index (χ0n) is 12.5. The minimum atomic E-state index is -0.721. The van der Waals surface area contributed by atoms with E-state index in [4.69, 9.17) is 16.3 Å². The maximum Gasteiger partial charge on any atom is 0.150 e. The molecule has 120 valence electrons. The molecule has 2 aromatic carbocycles. The van der Waals surface area contributed by atoms with Crippen LogP contribution in [0.1, 0.15) is 5.56 Å². The third-order valence-electron chi connectivity index (χ3n) is 3.52. The molecule has 0 saturated heterocycles. The number of hydrogen-bond donors (Lipinski definition) is 1. The number of benzene rings is 2. The van der Waals surface area contributed by atoms with Gasteiger partial charge in [0.1, 0.15) is 17.5 Å². The lowest BCUT2D eigenvalue weighted by atomic mass is 10.1. The summed E-state index contributed by atoms with van der Waals surface area (Å²) in [6, 6.07) is 10.8. The van der Waals surface area contributed by atoms with Gasteiger partial charge in [-0.2, -0.15) is 5.26 Å². The van der Waals surface area contributed by atoms with Gasteiger partial charge < -0.3 is 4.74 Å². The first-order valence-electron chi connectivity index (χ1n) is 6.86. The summed E-state index contributed by atoms with van der Waals surface area (Å²) in [5, 5.41) is 21.2. The van der Waals surface area contributed by atoms with Crippen molar-refractivity contribution in [2.45, 2.75) is 0 Å². The van der Waals surface area contributed by atoms with E-state index in [2.05, 4.69) is 4.98 Å². The summed E-state index contributed by atoms with van der Waals surface area (Å²) >= 11 is 5.74. The number of nitrogens with zero attached hydrogens (tertiary/aromatic N) is 3. The van der Waals surface area contributed by atoms with E-state index in [1.807, 2.05) is 6.07 Å². The molecule has 0 spiro atoms.